The van der Waals surface area contributed by atoms with Crippen molar-refractivity contribution >= 4 is 11.8 Å². The molecule has 1 spiro atoms. The van der Waals surface area contributed by atoms with Crippen molar-refractivity contribution in [3.8, 4) is 0 Å². The molecule has 8 nitrogen and oxygen atoms in total. The number of amides is 2. The fourth-order valence-corrected chi connectivity index (χ4v) is 4.45. The molecule has 0 N–H and O–H groups in total. The Labute approximate surface area is 146 Å². The van der Waals surface area contributed by atoms with E-state index in [2.05, 4.69) is 19.8 Å². The van der Waals surface area contributed by atoms with E-state index in [0.717, 1.165) is 51.9 Å². The summed E-state index contributed by atoms with van der Waals surface area (Å²) in [6, 6.07) is 0.283. The number of ether oxygens (including phenoxy) is 1. The van der Waals surface area contributed by atoms with E-state index < -0.39 is 5.41 Å². The summed E-state index contributed by atoms with van der Waals surface area (Å²) in [6.45, 7) is 5.03. The first kappa shape index (κ1) is 16.5. The molecule has 25 heavy (non-hydrogen) atoms. The Bertz CT molecular complexity index is 669. The number of piperidine rings is 1. The third kappa shape index (κ3) is 2.82. The molecule has 1 unspecified atom stereocenters. The van der Waals surface area contributed by atoms with Crippen LogP contribution >= 0.6 is 0 Å². The number of aryl methyl sites for hydroxylation is 1. The molecule has 1 atom stereocenters. The first-order valence-electron chi connectivity index (χ1n) is 9.08. The lowest BCUT2D eigenvalue weighted by molar-refractivity contribution is -0.150. The molecule has 136 valence electrons. The maximum Gasteiger partial charge on any atom is 0.278 e. The van der Waals surface area contributed by atoms with Crippen LogP contribution < -0.4 is 0 Å². The first-order valence-corrected chi connectivity index (χ1v) is 9.08. The van der Waals surface area contributed by atoms with E-state index in [9.17, 15) is 9.59 Å². The van der Waals surface area contributed by atoms with Crippen LogP contribution in [0.5, 0.6) is 0 Å². The highest BCUT2D eigenvalue weighted by atomic mass is 16.6. The molecule has 0 aromatic carbocycles. The van der Waals surface area contributed by atoms with Gasteiger partial charge in [-0.25, -0.2) is 4.63 Å². The Kier molecular flexibility index (Phi) is 4.23. The molecule has 1 aromatic rings. The van der Waals surface area contributed by atoms with Crippen LogP contribution in [0.4, 0.5) is 0 Å². The fraction of sp³-hybridized carbons (Fsp3) is 0.765. The first-order chi connectivity index (χ1) is 12.1. The SMILES string of the molecule is Cc1nonc1C(=O)N1CCC2(CCCN(C3CCOCC3)C2=O)C1. The highest BCUT2D eigenvalue weighted by Gasteiger charge is 2.51. The number of hydrogen-bond donors (Lipinski definition) is 0. The van der Waals surface area contributed by atoms with Crippen LogP contribution in [0, 0.1) is 12.3 Å². The summed E-state index contributed by atoms with van der Waals surface area (Å²) in [5, 5.41) is 7.40. The van der Waals surface area contributed by atoms with Crippen molar-refractivity contribution in [3.63, 3.8) is 0 Å². The van der Waals surface area contributed by atoms with Gasteiger partial charge >= 0.3 is 0 Å². The number of carbonyl (C=O) groups excluding carboxylic acids is 2. The molecule has 2 amide bonds. The average Bonchev–Trinajstić information content (AvgIpc) is 3.25. The lowest BCUT2D eigenvalue weighted by Crippen LogP contribution is -2.55. The Balaban J connectivity index is 1.49. The third-order valence-electron chi connectivity index (χ3n) is 5.90. The second-order valence-electron chi connectivity index (χ2n) is 7.40. The van der Waals surface area contributed by atoms with E-state index in [-0.39, 0.29) is 23.6 Å². The van der Waals surface area contributed by atoms with Crippen molar-refractivity contribution in [3.05, 3.63) is 11.4 Å². The molecular weight excluding hydrogens is 324 g/mol. The topological polar surface area (TPSA) is 88.8 Å². The number of carbonyl (C=O) groups is 2. The minimum absolute atomic E-state index is 0.188. The molecule has 8 heteroatoms. The largest absolute Gasteiger partial charge is 0.381 e. The highest BCUT2D eigenvalue weighted by molar-refractivity contribution is 5.94. The molecule has 0 radical (unpaired) electrons. The normalized spacial score (nSPS) is 28.1. The molecule has 1 aromatic heterocycles. The zero-order valence-electron chi connectivity index (χ0n) is 14.6. The van der Waals surface area contributed by atoms with Crippen molar-refractivity contribution in [1.82, 2.24) is 20.1 Å². The highest BCUT2D eigenvalue weighted by Crippen LogP contribution is 2.41. The molecule has 3 aliphatic rings. The third-order valence-corrected chi connectivity index (χ3v) is 5.90. The van der Waals surface area contributed by atoms with E-state index >= 15 is 0 Å². The Morgan fingerprint density at radius 2 is 2.00 bits per heavy atom. The number of nitrogens with zero attached hydrogens (tertiary/aromatic N) is 4. The van der Waals surface area contributed by atoms with Crippen LogP contribution in [0.25, 0.3) is 0 Å². The molecule has 4 rings (SSSR count). The van der Waals surface area contributed by atoms with Gasteiger partial charge in [0.2, 0.25) is 5.91 Å². The predicted octanol–water partition coefficient (Wildman–Crippen LogP) is 1.01. The van der Waals surface area contributed by atoms with Crippen LogP contribution in [0.15, 0.2) is 4.63 Å². The number of hydrogen-bond acceptors (Lipinski definition) is 6. The maximum absolute atomic E-state index is 13.3. The second-order valence-corrected chi connectivity index (χ2v) is 7.40. The monoisotopic (exact) mass is 348 g/mol. The van der Waals surface area contributed by atoms with E-state index in [1.807, 2.05) is 0 Å². The molecule has 4 heterocycles. The van der Waals surface area contributed by atoms with E-state index in [1.165, 1.54) is 0 Å². The standard InChI is InChI=1S/C17H24N4O4/c1-12-14(19-25-18-12)15(22)20-8-6-17(11-20)5-2-7-21(16(17)23)13-3-9-24-10-4-13/h13H,2-11H2,1H3. The summed E-state index contributed by atoms with van der Waals surface area (Å²) >= 11 is 0. The second kappa shape index (κ2) is 6.40. The molecule has 0 saturated carbocycles. The molecule has 3 saturated heterocycles. The smallest absolute Gasteiger partial charge is 0.278 e. The molecule has 0 aliphatic carbocycles. The zero-order chi connectivity index (χ0) is 17.4. The van der Waals surface area contributed by atoms with Gasteiger partial charge in [-0.15, -0.1) is 0 Å². The number of rotatable bonds is 2. The van der Waals surface area contributed by atoms with Gasteiger partial charge in [-0.05, 0) is 44.2 Å². The van der Waals surface area contributed by atoms with E-state index in [0.29, 0.717) is 18.8 Å². The van der Waals surface area contributed by atoms with Crippen molar-refractivity contribution < 1.29 is 19.0 Å². The Morgan fingerprint density at radius 3 is 2.72 bits per heavy atom. The van der Waals surface area contributed by atoms with Gasteiger partial charge in [0.05, 0.1) is 5.41 Å². The van der Waals surface area contributed by atoms with Crippen LogP contribution in [0.3, 0.4) is 0 Å². The summed E-state index contributed by atoms with van der Waals surface area (Å²) in [5.74, 6) is 0.0302. The van der Waals surface area contributed by atoms with Crippen LogP contribution in [-0.4, -0.2) is 70.8 Å². The molecule has 3 fully saturated rings. The van der Waals surface area contributed by atoms with E-state index in [4.69, 9.17) is 4.74 Å². The van der Waals surface area contributed by atoms with Crippen LogP contribution in [-0.2, 0) is 9.53 Å². The van der Waals surface area contributed by atoms with Gasteiger partial charge in [0.1, 0.15) is 5.69 Å². The summed E-state index contributed by atoms with van der Waals surface area (Å²) in [7, 11) is 0. The summed E-state index contributed by atoms with van der Waals surface area (Å²) in [6.07, 6.45) is 4.39. The molecule has 3 aliphatic heterocycles. The minimum Gasteiger partial charge on any atom is -0.381 e. The maximum atomic E-state index is 13.3. The fourth-order valence-electron chi connectivity index (χ4n) is 4.45. The van der Waals surface area contributed by atoms with Crippen molar-refractivity contribution in [2.75, 3.05) is 32.8 Å². The molecule has 0 bridgehead atoms. The van der Waals surface area contributed by atoms with Crippen molar-refractivity contribution in [1.29, 1.82) is 0 Å². The van der Waals surface area contributed by atoms with Gasteiger partial charge < -0.3 is 14.5 Å². The lowest BCUT2D eigenvalue weighted by atomic mass is 9.77. The van der Waals surface area contributed by atoms with Crippen LogP contribution in [0.2, 0.25) is 0 Å². The quantitative estimate of drug-likeness (QED) is 0.792. The number of likely N-dealkylation sites (tertiary alicyclic amines) is 2. The summed E-state index contributed by atoms with van der Waals surface area (Å²) < 4.78 is 10.1. The Hall–Kier alpha value is -1.96. The van der Waals surface area contributed by atoms with Gasteiger partial charge in [0.25, 0.3) is 5.91 Å². The lowest BCUT2D eigenvalue weighted by Gasteiger charge is -2.44. The summed E-state index contributed by atoms with van der Waals surface area (Å²) in [5.41, 5.74) is 0.309. The zero-order valence-corrected chi connectivity index (χ0v) is 14.6. The number of aromatic nitrogens is 2. The van der Waals surface area contributed by atoms with Crippen molar-refractivity contribution in [2.45, 2.75) is 45.1 Å². The van der Waals surface area contributed by atoms with Crippen LogP contribution in [0.1, 0.15) is 48.3 Å². The van der Waals surface area contributed by atoms with Gasteiger partial charge in [0, 0.05) is 38.9 Å². The van der Waals surface area contributed by atoms with Gasteiger partial charge in [0.15, 0.2) is 5.69 Å². The predicted molar refractivity (Wildman–Crippen MR) is 86.8 cm³/mol. The molecular formula is C17H24N4O4. The van der Waals surface area contributed by atoms with E-state index in [1.54, 1.807) is 11.8 Å². The Morgan fingerprint density at radius 1 is 1.20 bits per heavy atom. The van der Waals surface area contributed by atoms with Gasteiger partial charge in [-0.3, -0.25) is 9.59 Å². The minimum atomic E-state index is -0.433. The van der Waals surface area contributed by atoms with Crippen molar-refractivity contribution in [2.24, 2.45) is 5.41 Å². The summed E-state index contributed by atoms with van der Waals surface area (Å²) in [4.78, 5) is 29.7. The van der Waals surface area contributed by atoms with Gasteiger partial charge in [-0.2, -0.15) is 0 Å². The van der Waals surface area contributed by atoms with Gasteiger partial charge in [-0.1, -0.05) is 5.16 Å². The average molecular weight is 348 g/mol.